The summed E-state index contributed by atoms with van der Waals surface area (Å²) in [7, 11) is 1.23. The Kier molecular flexibility index (Phi) is 7.79. The number of esters is 1. The van der Waals surface area contributed by atoms with Crippen LogP contribution < -0.4 is 10.6 Å². The van der Waals surface area contributed by atoms with E-state index < -0.39 is 24.0 Å². The summed E-state index contributed by atoms with van der Waals surface area (Å²) in [5.74, 6) is -1.39. The van der Waals surface area contributed by atoms with Crippen molar-refractivity contribution in [2.24, 2.45) is 5.92 Å². The van der Waals surface area contributed by atoms with Crippen LogP contribution in [0.5, 0.6) is 0 Å². The van der Waals surface area contributed by atoms with Crippen LogP contribution in [-0.4, -0.2) is 43.4 Å². The third-order valence-electron chi connectivity index (χ3n) is 4.37. The topological polar surface area (TPSA) is 111 Å². The quantitative estimate of drug-likeness (QED) is 0.695. The van der Waals surface area contributed by atoms with Crippen molar-refractivity contribution in [3.05, 3.63) is 35.9 Å². The lowest BCUT2D eigenvalue weighted by Gasteiger charge is -2.28. The van der Waals surface area contributed by atoms with Crippen LogP contribution in [-0.2, 0) is 30.5 Å². The molecule has 8 nitrogen and oxygen atoms in total. The molecule has 1 aliphatic carbocycles. The number of alkyl carbamates (subject to hydrolysis) is 1. The summed E-state index contributed by atoms with van der Waals surface area (Å²) in [6.45, 7) is -0.259. The average molecular weight is 376 g/mol. The Morgan fingerprint density at radius 1 is 1.22 bits per heavy atom. The molecule has 0 aromatic heterocycles. The van der Waals surface area contributed by atoms with Crippen molar-refractivity contribution in [1.82, 2.24) is 10.6 Å². The zero-order valence-electron chi connectivity index (χ0n) is 15.2. The number of carbonyl (C=O) groups excluding carboxylic acids is 4. The zero-order valence-corrected chi connectivity index (χ0v) is 15.2. The van der Waals surface area contributed by atoms with E-state index in [2.05, 4.69) is 10.6 Å². The second-order valence-corrected chi connectivity index (χ2v) is 6.38. The molecule has 1 fully saturated rings. The predicted molar refractivity (Wildman–Crippen MR) is 95.5 cm³/mol. The smallest absolute Gasteiger partial charge is 0.407 e. The first kappa shape index (κ1) is 20.4. The molecule has 0 aliphatic heterocycles. The highest BCUT2D eigenvalue weighted by molar-refractivity contribution is 5.88. The SMILES string of the molecule is COC(=O)[C@H](NC(=O)CNC(=O)OCc1ccccc1)[C@H]1CCCC(=O)C1. The summed E-state index contributed by atoms with van der Waals surface area (Å²) in [6, 6.07) is 8.22. The minimum Gasteiger partial charge on any atom is -0.467 e. The Bertz CT molecular complexity index is 676. The number of ketones is 1. The standard InChI is InChI=1S/C19H24N2O6/c1-26-18(24)17(14-8-5-9-15(22)10-14)21-16(23)11-20-19(25)27-12-13-6-3-2-4-7-13/h2-4,6-7,14,17H,5,8-12H2,1H3,(H,20,25)(H,21,23)/t14-,17+/m0/s1. The van der Waals surface area contributed by atoms with E-state index in [1.54, 1.807) is 0 Å². The Hall–Kier alpha value is -2.90. The summed E-state index contributed by atoms with van der Waals surface area (Å²) in [5, 5.41) is 4.89. The van der Waals surface area contributed by atoms with Gasteiger partial charge in [-0.25, -0.2) is 9.59 Å². The Morgan fingerprint density at radius 2 is 1.96 bits per heavy atom. The fourth-order valence-corrected chi connectivity index (χ4v) is 2.99. The van der Waals surface area contributed by atoms with E-state index in [-0.39, 0.29) is 31.3 Å². The third-order valence-corrected chi connectivity index (χ3v) is 4.37. The highest BCUT2D eigenvalue weighted by atomic mass is 16.5. The number of hydrogen-bond acceptors (Lipinski definition) is 6. The van der Waals surface area contributed by atoms with Gasteiger partial charge in [-0.2, -0.15) is 0 Å². The van der Waals surface area contributed by atoms with Gasteiger partial charge in [0.05, 0.1) is 7.11 Å². The van der Waals surface area contributed by atoms with E-state index in [9.17, 15) is 19.2 Å². The van der Waals surface area contributed by atoms with Crippen LogP contribution in [0.4, 0.5) is 4.79 Å². The molecule has 1 aliphatic rings. The zero-order chi connectivity index (χ0) is 19.6. The maximum Gasteiger partial charge on any atom is 0.407 e. The molecule has 0 spiro atoms. The first-order valence-corrected chi connectivity index (χ1v) is 8.83. The summed E-state index contributed by atoms with van der Waals surface area (Å²) in [6.07, 6.45) is 1.31. The van der Waals surface area contributed by atoms with Gasteiger partial charge in [-0.1, -0.05) is 30.3 Å². The molecule has 1 aromatic rings. The van der Waals surface area contributed by atoms with Gasteiger partial charge in [0.2, 0.25) is 5.91 Å². The monoisotopic (exact) mass is 376 g/mol. The van der Waals surface area contributed by atoms with Crippen LogP contribution in [0.15, 0.2) is 30.3 Å². The number of nitrogens with one attached hydrogen (secondary N) is 2. The number of rotatable bonds is 7. The number of Topliss-reactive ketones (excluding diaryl/α,β-unsaturated/α-hetero) is 1. The molecule has 0 radical (unpaired) electrons. The van der Waals surface area contributed by atoms with E-state index in [1.807, 2.05) is 30.3 Å². The third kappa shape index (κ3) is 6.73. The second-order valence-electron chi connectivity index (χ2n) is 6.38. The van der Waals surface area contributed by atoms with Crippen molar-refractivity contribution in [1.29, 1.82) is 0 Å². The lowest BCUT2D eigenvalue weighted by Crippen LogP contribution is -2.50. The highest BCUT2D eigenvalue weighted by Crippen LogP contribution is 2.25. The molecular formula is C19H24N2O6. The molecule has 27 heavy (non-hydrogen) atoms. The van der Waals surface area contributed by atoms with E-state index in [1.165, 1.54) is 7.11 Å². The van der Waals surface area contributed by atoms with E-state index in [0.717, 1.165) is 5.56 Å². The molecule has 8 heteroatoms. The maximum absolute atomic E-state index is 12.1. The van der Waals surface area contributed by atoms with Crippen LogP contribution in [0.25, 0.3) is 0 Å². The van der Waals surface area contributed by atoms with Crippen molar-refractivity contribution < 1.29 is 28.7 Å². The minimum atomic E-state index is -0.908. The summed E-state index contributed by atoms with van der Waals surface area (Å²) in [5.41, 5.74) is 0.824. The number of ether oxygens (including phenoxy) is 2. The van der Waals surface area contributed by atoms with Crippen molar-refractivity contribution in [2.45, 2.75) is 38.3 Å². The van der Waals surface area contributed by atoms with Gasteiger partial charge in [0, 0.05) is 12.8 Å². The molecule has 146 valence electrons. The molecule has 1 aromatic carbocycles. The van der Waals surface area contributed by atoms with Crippen LogP contribution >= 0.6 is 0 Å². The van der Waals surface area contributed by atoms with Crippen LogP contribution in [0.2, 0.25) is 0 Å². The van der Waals surface area contributed by atoms with Gasteiger partial charge in [0.1, 0.15) is 25.0 Å². The van der Waals surface area contributed by atoms with Crippen LogP contribution in [0.3, 0.4) is 0 Å². The first-order chi connectivity index (χ1) is 13.0. The fraction of sp³-hybridized carbons (Fsp3) is 0.474. The molecule has 2 rings (SSSR count). The van der Waals surface area contributed by atoms with Gasteiger partial charge in [-0.05, 0) is 24.3 Å². The summed E-state index contributed by atoms with van der Waals surface area (Å²) < 4.78 is 9.75. The van der Waals surface area contributed by atoms with Crippen LogP contribution in [0, 0.1) is 5.92 Å². The van der Waals surface area contributed by atoms with E-state index >= 15 is 0 Å². The number of carbonyl (C=O) groups is 4. The predicted octanol–water partition coefficient (Wildman–Crippen LogP) is 1.33. The first-order valence-electron chi connectivity index (χ1n) is 8.83. The van der Waals surface area contributed by atoms with Gasteiger partial charge in [-0.3, -0.25) is 9.59 Å². The number of benzene rings is 1. The Morgan fingerprint density at radius 3 is 2.63 bits per heavy atom. The summed E-state index contributed by atoms with van der Waals surface area (Å²) in [4.78, 5) is 47.4. The van der Waals surface area contributed by atoms with E-state index in [4.69, 9.17) is 9.47 Å². The summed E-state index contributed by atoms with van der Waals surface area (Å²) >= 11 is 0. The van der Waals surface area contributed by atoms with Gasteiger partial charge < -0.3 is 20.1 Å². The molecule has 0 bridgehead atoms. The van der Waals surface area contributed by atoms with Crippen molar-refractivity contribution in [3.8, 4) is 0 Å². The van der Waals surface area contributed by atoms with Crippen molar-refractivity contribution in [3.63, 3.8) is 0 Å². The Balaban J connectivity index is 1.79. The van der Waals surface area contributed by atoms with Crippen molar-refractivity contribution >= 4 is 23.8 Å². The molecule has 0 heterocycles. The molecular weight excluding hydrogens is 352 g/mol. The molecule has 2 atom stereocenters. The normalized spacial score (nSPS) is 17.5. The molecule has 0 saturated heterocycles. The number of hydrogen-bond donors (Lipinski definition) is 2. The van der Waals surface area contributed by atoms with Gasteiger partial charge in [0.25, 0.3) is 0 Å². The average Bonchev–Trinajstić information content (AvgIpc) is 2.69. The lowest BCUT2D eigenvalue weighted by atomic mass is 9.83. The maximum atomic E-state index is 12.1. The van der Waals surface area contributed by atoms with Gasteiger partial charge in [0.15, 0.2) is 0 Å². The lowest BCUT2D eigenvalue weighted by molar-refractivity contribution is -0.147. The molecule has 1 saturated carbocycles. The van der Waals surface area contributed by atoms with Crippen molar-refractivity contribution in [2.75, 3.05) is 13.7 Å². The van der Waals surface area contributed by atoms with E-state index in [0.29, 0.717) is 19.3 Å². The fourth-order valence-electron chi connectivity index (χ4n) is 2.99. The largest absolute Gasteiger partial charge is 0.467 e. The van der Waals surface area contributed by atoms with Crippen LogP contribution in [0.1, 0.15) is 31.2 Å². The molecule has 2 amide bonds. The number of amides is 2. The highest BCUT2D eigenvalue weighted by Gasteiger charge is 2.34. The minimum absolute atomic E-state index is 0.0667. The van der Waals surface area contributed by atoms with Gasteiger partial charge in [-0.15, -0.1) is 0 Å². The Labute approximate surface area is 157 Å². The second kappa shape index (κ2) is 10.3. The molecule has 0 unspecified atom stereocenters. The molecule has 2 N–H and O–H groups in total. The van der Waals surface area contributed by atoms with Gasteiger partial charge >= 0.3 is 12.1 Å². The number of methoxy groups -OCH3 is 1.